The van der Waals surface area contributed by atoms with Gasteiger partial charge in [0.25, 0.3) is 0 Å². The Bertz CT molecular complexity index is 428. The molecule has 0 radical (unpaired) electrons. The van der Waals surface area contributed by atoms with Crippen molar-refractivity contribution in [1.29, 1.82) is 0 Å². The molecule has 2 saturated carbocycles. The molecule has 2 aliphatic rings. The lowest BCUT2D eigenvalue weighted by Gasteiger charge is -2.21. The van der Waals surface area contributed by atoms with Gasteiger partial charge >= 0.3 is 0 Å². The lowest BCUT2D eigenvalue weighted by atomic mass is 9.89. The van der Waals surface area contributed by atoms with Gasteiger partial charge in [-0.2, -0.15) is 5.10 Å². The van der Waals surface area contributed by atoms with Crippen molar-refractivity contribution in [2.75, 3.05) is 5.32 Å². The molecule has 19 heavy (non-hydrogen) atoms. The van der Waals surface area contributed by atoms with Gasteiger partial charge in [0.05, 0.1) is 12.2 Å². The first-order chi connectivity index (χ1) is 9.34. The lowest BCUT2D eigenvalue weighted by molar-refractivity contribution is -0.120. The number of hydrogen-bond acceptors (Lipinski definition) is 2. The van der Waals surface area contributed by atoms with Gasteiger partial charge in [-0.25, -0.2) is 4.68 Å². The van der Waals surface area contributed by atoms with Gasteiger partial charge in [-0.1, -0.05) is 32.1 Å². The predicted octanol–water partition coefficient (Wildman–Crippen LogP) is 3.52. The van der Waals surface area contributed by atoms with Crippen molar-refractivity contribution in [3.8, 4) is 0 Å². The molecule has 4 heteroatoms. The number of nitrogens with one attached hydrogen (secondary N) is 1. The van der Waals surface area contributed by atoms with Crippen LogP contribution in [0.3, 0.4) is 0 Å². The highest BCUT2D eigenvalue weighted by Crippen LogP contribution is 2.31. The van der Waals surface area contributed by atoms with E-state index in [-0.39, 0.29) is 11.8 Å². The minimum atomic E-state index is 0.194. The van der Waals surface area contributed by atoms with E-state index in [1.54, 1.807) is 6.20 Å². The number of anilines is 1. The summed E-state index contributed by atoms with van der Waals surface area (Å²) in [5.41, 5.74) is 0. The molecule has 0 saturated heterocycles. The number of aromatic nitrogens is 2. The summed E-state index contributed by atoms with van der Waals surface area (Å²) in [5.74, 6) is 1.29. The zero-order valence-electron chi connectivity index (χ0n) is 11.5. The van der Waals surface area contributed by atoms with E-state index in [0.29, 0.717) is 6.04 Å². The van der Waals surface area contributed by atoms with Crippen molar-refractivity contribution in [3.63, 3.8) is 0 Å². The van der Waals surface area contributed by atoms with Crippen LogP contribution in [-0.4, -0.2) is 15.7 Å². The van der Waals surface area contributed by atoms with Gasteiger partial charge in [0.15, 0.2) is 0 Å². The Morgan fingerprint density at radius 3 is 2.53 bits per heavy atom. The maximum atomic E-state index is 12.3. The topological polar surface area (TPSA) is 46.9 Å². The quantitative estimate of drug-likeness (QED) is 0.905. The third-order valence-corrected chi connectivity index (χ3v) is 4.57. The summed E-state index contributed by atoms with van der Waals surface area (Å²) < 4.78 is 2.02. The lowest BCUT2D eigenvalue weighted by Crippen LogP contribution is -2.26. The maximum Gasteiger partial charge on any atom is 0.228 e. The first kappa shape index (κ1) is 12.7. The second-order valence-electron chi connectivity index (χ2n) is 5.92. The van der Waals surface area contributed by atoms with E-state index in [1.807, 2.05) is 10.7 Å². The minimum Gasteiger partial charge on any atom is -0.311 e. The van der Waals surface area contributed by atoms with Crippen LogP contribution in [0.25, 0.3) is 0 Å². The number of carbonyl (C=O) groups is 1. The summed E-state index contributed by atoms with van der Waals surface area (Å²) in [6.45, 7) is 0. The Kier molecular flexibility index (Phi) is 3.85. The highest BCUT2D eigenvalue weighted by atomic mass is 16.2. The number of hydrogen-bond donors (Lipinski definition) is 1. The van der Waals surface area contributed by atoms with Gasteiger partial charge < -0.3 is 5.32 Å². The molecule has 1 N–H and O–H groups in total. The van der Waals surface area contributed by atoms with Crippen LogP contribution in [0, 0.1) is 5.92 Å². The monoisotopic (exact) mass is 261 g/mol. The molecule has 104 valence electrons. The van der Waals surface area contributed by atoms with Gasteiger partial charge in [0, 0.05) is 12.0 Å². The second-order valence-corrected chi connectivity index (χ2v) is 5.92. The number of rotatable bonds is 3. The SMILES string of the molecule is O=C(Nc1ccnn1C1CCCC1)C1CCCCC1. The Morgan fingerprint density at radius 2 is 1.79 bits per heavy atom. The summed E-state index contributed by atoms with van der Waals surface area (Å²) >= 11 is 0. The van der Waals surface area contributed by atoms with Crippen molar-refractivity contribution >= 4 is 11.7 Å². The molecular weight excluding hydrogens is 238 g/mol. The molecule has 3 rings (SSSR count). The van der Waals surface area contributed by atoms with Crippen LogP contribution >= 0.6 is 0 Å². The van der Waals surface area contributed by atoms with E-state index in [1.165, 1.54) is 44.9 Å². The third kappa shape index (κ3) is 2.82. The first-order valence-electron chi connectivity index (χ1n) is 7.69. The Hall–Kier alpha value is -1.32. The van der Waals surface area contributed by atoms with Crippen molar-refractivity contribution in [2.24, 2.45) is 5.92 Å². The predicted molar refractivity (Wildman–Crippen MR) is 74.9 cm³/mol. The van der Waals surface area contributed by atoms with E-state index in [2.05, 4.69) is 10.4 Å². The van der Waals surface area contributed by atoms with Crippen LogP contribution in [-0.2, 0) is 4.79 Å². The van der Waals surface area contributed by atoms with Crippen LogP contribution in [0.4, 0.5) is 5.82 Å². The number of nitrogens with zero attached hydrogens (tertiary/aromatic N) is 2. The smallest absolute Gasteiger partial charge is 0.228 e. The van der Waals surface area contributed by atoms with Crippen LogP contribution in [0.2, 0.25) is 0 Å². The Morgan fingerprint density at radius 1 is 1.11 bits per heavy atom. The highest BCUT2D eigenvalue weighted by Gasteiger charge is 2.24. The van der Waals surface area contributed by atoms with Gasteiger partial charge in [0.2, 0.25) is 5.91 Å². The molecule has 0 unspecified atom stereocenters. The molecule has 1 aromatic rings. The molecule has 0 atom stereocenters. The van der Waals surface area contributed by atoms with Crippen LogP contribution in [0.5, 0.6) is 0 Å². The zero-order valence-corrected chi connectivity index (χ0v) is 11.5. The second kappa shape index (κ2) is 5.76. The van der Waals surface area contributed by atoms with Crippen molar-refractivity contribution < 1.29 is 4.79 Å². The van der Waals surface area contributed by atoms with E-state index < -0.39 is 0 Å². The summed E-state index contributed by atoms with van der Waals surface area (Å²) in [7, 11) is 0. The summed E-state index contributed by atoms with van der Waals surface area (Å²) in [6, 6.07) is 2.41. The van der Waals surface area contributed by atoms with Crippen molar-refractivity contribution in [3.05, 3.63) is 12.3 Å². The van der Waals surface area contributed by atoms with Gasteiger partial charge in [-0.05, 0) is 25.7 Å². The molecule has 1 aromatic heterocycles. The van der Waals surface area contributed by atoms with Gasteiger partial charge in [-0.3, -0.25) is 4.79 Å². The van der Waals surface area contributed by atoms with E-state index in [4.69, 9.17) is 0 Å². The molecule has 2 aliphatic carbocycles. The van der Waals surface area contributed by atoms with Crippen molar-refractivity contribution in [1.82, 2.24) is 9.78 Å². The fourth-order valence-electron chi connectivity index (χ4n) is 3.45. The maximum absolute atomic E-state index is 12.3. The molecule has 1 amide bonds. The summed E-state index contributed by atoms with van der Waals surface area (Å²) in [4.78, 5) is 12.3. The van der Waals surface area contributed by atoms with Crippen molar-refractivity contribution in [2.45, 2.75) is 63.8 Å². The Labute approximate surface area is 114 Å². The van der Waals surface area contributed by atoms with Crippen LogP contribution in [0.15, 0.2) is 12.3 Å². The van der Waals surface area contributed by atoms with Crippen LogP contribution in [0.1, 0.15) is 63.8 Å². The molecule has 4 nitrogen and oxygen atoms in total. The molecule has 0 spiro atoms. The largest absolute Gasteiger partial charge is 0.311 e. The minimum absolute atomic E-state index is 0.194. The molecule has 2 fully saturated rings. The fourth-order valence-corrected chi connectivity index (χ4v) is 3.45. The molecule has 0 aliphatic heterocycles. The first-order valence-corrected chi connectivity index (χ1v) is 7.69. The normalized spacial score (nSPS) is 21.7. The Balaban J connectivity index is 1.65. The van der Waals surface area contributed by atoms with Crippen LogP contribution < -0.4 is 5.32 Å². The highest BCUT2D eigenvalue weighted by molar-refractivity contribution is 5.91. The average molecular weight is 261 g/mol. The molecule has 1 heterocycles. The molecular formula is C15H23N3O. The van der Waals surface area contributed by atoms with Gasteiger partial charge in [0.1, 0.15) is 5.82 Å². The summed E-state index contributed by atoms with van der Waals surface area (Å²) in [5, 5.41) is 7.50. The standard InChI is InChI=1S/C15H23N3O/c19-15(12-6-2-1-3-7-12)17-14-10-11-16-18(14)13-8-4-5-9-13/h10-13H,1-9H2,(H,17,19). The van der Waals surface area contributed by atoms with E-state index >= 15 is 0 Å². The average Bonchev–Trinajstić information content (AvgIpc) is 3.10. The fraction of sp³-hybridized carbons (Fsp3) is 0.733. The summed E-state index contributed by atoms with van der Waals surface area (Å²) in [6.07, 6.45) is 12.5. The van der Waals surface area contributed by atoms with Gasteiger partial charge in [-0.15, -0.1) is 0 Å². The molecule has 0 bridgehead atoms. The molecule has 0 aromatic carbocycles. The number of amides is 1. The third-order valence-electron chi connectivity index (χ3n) is 4.57. The zero-order chi connectivity index (χ0) is 13.1. The van der Waals surface area contributed by atoms with E-state index in [9.17, 15) is 4.79 Å². The number of carbonyl (C=O) groups excluding carboxylic acids is 1. The van der Waals surface area contributed by atoms with E-state index in [0.717, 1.165) is 18.7 Å².